The standard InChI is InChI=1S/C14H16N2O4/c1-7-2-4-9(12(17)15-7)13(18)16-8-3-5-11(16)10(6-8)14(19)20/h2,4,8,10-11H,3,5-6H2,1H3,(H,15,17)(H,19,20). The molecule has 0 aromatic carbocycles. The molecule has 3 atom stereocenters. The van der Waals surface area contributed by atoms with E-state index in [-0.39, 0.29) is 23.6 Å². The molecule has 1 aromatic rings. The Kier molecular flexibility index (Phi) is 2.88. The molecular weight excluding hydrogens is 260 g/mol. The van der Waals surface area contributed by atoms with Crippen molar-refractivity contribution in [2.75, 3.05) is 0 Å². The van der Waals surface area contributed by atoms with Gasteiger partial charge in [-0.3, -0.25) is 14.4 Å². The van der Waals surface area contributed by atoms with E-state index in [1.165, 1.54) is 6.07 Å². The highest BCUT2D eigenvalue weighted by molar-refractivity contribution is 5.95. The van der Waals surface area contributed by atoms with Crippen molar-refractivity contribution in [2.24, 2.45) is 5.92 Å². The number of nitrogens with zero attached hydrogens (tertiary/aromatic N) is 1. The van der Waals surface area contributed by atoms with Crippen molar-refractivity contribution >= 4 is 11.9 Å². The van der Waals surface area contributed by atoms with Gasteiger partial charge in [-0.15, -0.1) is 0 Å². The van der Waals surface area contributed by atoms with Crippen LogP contribution in [0.1, 0.15) is 35.3 Å². The van der Waals surface area contributed by atoms with Crippen LogP contribution in [0.3, 0.4) is 0 Å². The van der Waals surface area contributed by atoms with Crippen LogP contribution in [-0.2, 0) is 4.79 Å². The third-order valence-corrected chi connectivity index (χ3v) is 4.37. The molecule has 0 spiro atoms. The molecule has 3 rings (SSSR count). The van der Waals surface area contributed by atoms with Crippen molar-refractivity contribution in [3.63, 3.8) is 0 Å². The maximum absolute atomic E-state index is 12.5. The smallest absolute Gasteiger partial charge is 0.308 e. The summed E-state index contributed by atoms with van der Waals surface area (Å²) in [5, 5.41) is 9.19. The molecular formula is C14H16N2O4. The van der Waals surface area contributed by atoms with Crippen molar-refractivity contribution in [1.29, 1.82) is 0 Å². The number of fused-ring (bicyclic) bond motifs is 2. The summed E-state index contributed by atoms with van der Waals surface area (Å²) in [6.07, 6.45) is 2.02. The van der Waals surface area contributed by atoms with Crippen molar-refractivity contribution in [1.82, 2.24) is 9.88 Å². The van der Waals surface area contributed by atoms with Gasteiger partial charge in [0.05, 0.1) is 5.92 Å². The first-order valence-electron chi connectivity index (χ1n) is 6.74. The molecule has 3 heterocycles. The Balaban J connectivity index is 1.92. The first-order valence-corrected chi connectivity index (χ1v) is 6.74. The number of aliphatic carboxylic acids is 1. The average Bonchev–Trinajstić information content (AvgIpc) is 2.95. The Morgan fingerprint density at radius 1 is 1.35 bits per heavy atom. The van der Waals surface area contributed by atoms with Gasteiger partial charge in [0.1, 0.15) is 5.56 Å². The molecule has 6 nitrogen and oxygen atoms in total. The van der Waals surface area contributed by atoms with Crippen LogP contribution in [0.2, 0.25) is 0 Å². The first-order chi connectivity index (χ1) is 9.49. The molecule has 2 fully saturated rings. The number of nitrogens with one attached hydrogen (secondary N) is 1. The zero-order valence-electron chi connectivity index (χ0n) is 11.1. The van der Waals surface area contributed by atoms with E-state index in [2.05, 4.69) is 4.98 Å². The minimum atomic E-state index is -0.854. The number of carbonyl (C=O) groups is 2. The second-order valence-electron chi connectivity index (χ2n) is 5.58. The summed E-state index contributed by atoms with van der Waals surface area (Å²) >= 11 is 0. The van der Waals surface area contributed by atoms with Crippen LogP contribution in [0.5, 0.6) is 0 Å². The monoisotopic (exact) mass is 276 g/mol. The van der Waals surface area contributed by atoms with Gasteiger partial charge in [-0.25, -0.2) is 0 Å². The molecule has 2 saturated heterocycles. The van der Waals surface area contributed by atoms with E-state index in [1.807, 2.05) is 0 Å². The lowest BCUT2D eigenvalue weighted by atomic mass is 9.89. The number of amides is 1. The third kappa shape index (κ3) is 1.83. The normalized spacial score (nSPS) is 27.9. The molecule has 0 radical (unpaired) electrons. The zero-order valence-corrected chi connectivity index (χ0v) is 11.1. The Bertz CT molecular complexity index is 636. The first kappa shape index (κ1) is 12.9. The average molecular weight is 276 g/mol. The summed E-state index contributed by atoms with van der Waals surface area (Å²) in [6.45, 7) is 1.75. The van der Waals surface area contributed by atoms with Gasteiger partial charge in [0.2, 0.25) is 0 Å². The number of carboxylic acid groups (broad SMARTS) is 1. The van der Waals surface area contributed by atoms with Crippen LogP contribution in [0.4, 0.5) is 0 Å². The molecule has 6 heteroatoms. The lowest BCUT2D eigenvalue weighted by Crippen LogP contribution is -2.40. The largest absolute Gasteiger partial charge is 0.481 e. The Morgan fingerprint density at radius 2 is 2.10 bits per heavy atom. The predicted molar refractivity (Wildman–Crippen MR) is 70.5 cm³/mol. The van der Waals surface area contributed by atoms with Gasteiger partial charge in [0, 0.05) is 17.8 Å². The van der Waals surface area contributed by atoms with E-state index in [0.717, 1.165) is 6.42 Å². The molecule has 2 N–H and O–H groups in total. The van der Waals surface area contributed by atoms with Gasteiger partial charge in [0.15, 0.2) is 0 Å². The fraction of sp³-hybridized carbons (Fsp3) is 0.500. The number of hydrogen-bond donors (Lipinski definition) is 2. The number of H-pyrrole nitrogens is 1. The number of pyridine rings is 1. The van der Waals surface area contributed by atoms with E-state index in [1.54, 1.807) is 17.9 Å². The van der Waals surface area contributed by atoms with Crippen LogP contribution in [0.15, 0.2) is 16.9 Å². The quantitative estimate of drug-likeness (QED) is 0.834. The summed E-state index contributed by atoms with van der Waals surface area (Å²) in [7, 11) is 0. The zero-order chi connectivity index (χ0) is 14.4. The van der Waals surface area contributed by atoms with Gasteiger partial charge in [-0.05, 0) is 38.3 Å². The van der Waals surface area contributed by atoms with E-state index >= 15 is 0 Å². The molecule has 0 saturated carbocycles. The van der Waals surface area contributed by atoms with E-state index in [4.69, 9.17) is 0 Å². The number of aromatic nitrogens is 1. The Labute approximate surface area is 115 Å². The lowest BCUT2D eigenvalue weighted by Gasteiger charge is -2.22. The molecule has 3 unspecified atom stereocenters. The lowest BCUT2D eigenvalue weighted by molar-refractivity contribution is -0.142. The summed E-state index contributed by atoms with van der Waals surface area (Å²) in [4.78, 5) is 39.8. The minimum absolute atomic E-state index is 0.0469. The highest BCUT2D eigenvalue weighted by atomic mass is 16.4. The van der Waals surface area contributed by atoms with Crippen LogP contribution in [-0.4, -0.2) is 39.0 Å². The van der Waals surface area contributed by atoms with Crippen molar-refractivity contribution in [2.45, 2.75) is 38.3 Å². The highest BCUT2D eigenvalue weighted by Crippen LogP contribution is 2.42. The summed E-state index contributed by atoms with van der Waals surface area (Å²) < 4.78 is 0. The molecule has 20 heavy (non-hydrogen) atoms. The van der Waals surface area contributed by atoms with Crippen LogP contribution >= 0.6 is 0 Å². The fourth-order valence-corrected chi connectivity index (χ4v) is 3.45. The molecule has 1 aromatic heterocycles. The summed E-state index contributed by atoms with van der Waals surface area (Å²) in [5.41, 5.74) is 0.381. The van der Waals surface area contributed by atoms with Gasteiger partial charge >= 0.3 is 5.97 Å². The second-order valence-corrected chi connectivity index (χ2v) is 5.58. The van der Waals surface area contributed by atoms with Crippen molar-refractivity contribution in [3.05, 3.63) is 33.7 Å². The van der Waals surface area contributed by atoms with Gasteiger partial charge < -0.3 is 15.0 Å². The SMILES string of the molecule is Cc1ccc(C(=O)N2C3CCC2C(C(=O)O)C3)c(=O)[nH]1. The maximum atomic E-state index is 12.5. The number of rotatable bonds is 2. The number of aromatic amines is 1. The minimum Gasteiger partial charge on any atom is -0.481 e. The van der Waals surface area contributed by atoms with E-state index in [0.29, 0.717) is 18.5 Å². The van der Waals surface area contributed by atoms with Crippen LogP contribution in [0.25, 0.3) is 0 Å². The molecule has 2 aliphatic heterocycles. The molecule has 2 aliphatic rings. The van der Waals surface area contributed by atoms with Crippen molar-refractivity contribution in [3.8, 4) is 0 Å². The van der Waals surface area contributed by atoms with Gasteiger partial charge in [-0.1, -0.05) is 0 Å². The number of hydrogen-bond acceptors (Lipinski definition) is 3. The summed E-state index contributed by atoms with van der Waals surface area (Å²) in [6, 6.07) is 2.88. The van der Waals surface area contributed by atoms with E-state index < -0.39 is 17.4 Å². The van der Waals surface area contributed by atoms with Crippen LogP contribution in [0, 0.1) is 12.8 Å². The number of aryl methyl sites for hydroxylation is 1. The second kappa shape index (κ2) is 4.47. The maximum Gasteiger partial charge on any atom is 0.308 e. The van der Waals surface area contributed by atoms with Crippen LogP contribution < -0.4 is 5.56 Å². The van der Waals surface area contributed by atoms with Gasteiger partial charge in [0.25, 0.3) is 11.5 Å². The molecule has 2 bridgehead atoms. The predicted octanol–water partition coefficient (Wildman–Crippen LogP) is 0.761. The third-order valence-electron chi connectivity index (χ3n) is 4.37. The fourth-order valence-electron chi connectivity index (χ4n) is 3.45. The molecule has 0 aliphatic carbocycles. The molecule has 1 amide bonds. The van der Waals surface area contributed by atoms with Crippen molar-refractivity contribution < 1.29 is 14.7 Å². The number of carbonyl (C=O) groups excluding carboxylic acids is 1. The summed E-state index contributed by atoms with van der Waals surface area (Å²) in [5.74, 6) is -1.70. The Hall–Kier alpha value is -2.11. The highest BCUT2D eigenvalue weighted by Gasteiger charge is 2.51. The number of carboxylic acids is 1. The topological polar surface area (TPSA) is 90.5 Å². The van der Waals surface area contributed by atoms with Gasteiger partial charge in [-0.2, -0.15) is 0 Å². The molecule has 106 valence electrons. The Morgan fingerprint density at radius 3 is 2.70 bits per heavy atom. The van der Waals surface area contributed by atoms with E-state index in [9.17, 15) is 19.5 Å².